The van der Waals surface area contributed by atoms with Crippen LogP contribution in [0.4, 0.5) is 10.5 Å². The van der Waals surface area contributed by atoms with Crippen molar-refractivity contribution in [2.24, 2.45) is 0 Å². The van der Waals surface area contributed by atoms with Gasteiger partial charge in [-0.2, -0.15) is 4.31 Å². The molecule has 2 saturated heterocycles. The Balaban J connectivity index is 1.43. The molecule has 1 aliphatic carbocycles. The number of carbonyl (C=O) groups is 3. The lowest BCUT2D eigenvalue weighted by Crippen LogP contribution is -2.47. The summed E-state index contributed by atoms with van der Waals surface area (Å²) in [5.74, 6) is -0.928. The zero-order chi connectivity index (χ0) is 22.8. The smallest absolute Gasteiger partial charge is 0.325 e. The summed E-state index contributed by atoms with van der Waals surface area (Å²) in [4.78, 5) is 39.0. The summed E-state index contributed by atoms with van der Waals surface area (Å²) in [5.41, 5.74) is -0.624. The van der Waals surface area contributed by atoms with E-state index >= 15 is 0 Å². The quantitative estimate of drug-likeness (QED) is 0.633. The van der Waals surface area contributed by atoms with Crippen LogP contribution in [0, 0.1) is 0 Å². The molecule has 1 aromatic rings. The van der Waals surface area contributed by atoms with Crippen LogP contribution in [0.2, 0.25) is 0 Å². The summed E-state index contributed by atoms with van der Waals surface area (Å²) in [6, 6.07) is 5.39. The van der Waals surface area contributed by atoms with Crippen molar-refractivity contribution >= 4 is 33.6 Å². The van der Waals surface area contributed by atoms with Crippen molar-refractivity contribution in [3.63, 3.8) is 0 Å². The van der Waals surface area contributed by atoms with Gasteiger partial charge in [0.15, 0.2) is 0 Å². The fraction of sp³-hybridized carbons (Fsp3) is 0.571. The number of hydrogen-bond acceptors (Lipinski definition) is 6. The number of hydrogen-bond donors (Lipinski definition) is 2. The van der Waals surface area contributed by atoms with Crippen LogP contribution in [0.15, 0.2) is 29.2 Å². The van der Waals surface area contributed by atoms with E-state index in [0.29, 0.717) is 26.1 Å². The largest absolute Gasteiger partial charge is 0.379 e. The second kappa shape index (κ2) is 9.16. The maximum Gasteiger partial charge on any atom is 0.325 e. The summed E-state index contributed by atoms with van der Waals surface area (Å²) in [5, 5.41) is 5.41. The fourth-order valence-electron chi connectivity index (χ4n) is 4.51. The highest BCUT2D eigenvalue weighted by Crippen LogP contribution is 2.32. The first-order valence-electron chi connectivity index (χ1n) is 10.9. The van der Waals surface area contributed by atoms with Crippen molar-refractivity contribution in [3.05, 3.63) is 24.3 Å². The first-order valence-corrected chi connectivity index (χ1v) is 12.4. The Labute approximate surface area is 187 Å². The van der Waals surface area contributed by atoms with E-state index in [2.05, 4.69) is 10.6 Å². The number of rotatable bonds is 5. The maximum atomic E-state index is 13.0. The van der Waals surface area contributed by atoms with Gasteiger partial charge in [0.25, 0.3) is 5.91 Å². The number of anilines is 1. The van der Waals surface area contributed by atoms with Gasteiger partial charge in [0.2, 0.25) is 15.9 Å². The highest BCUT2D eigenvalue weighted by molar-refractivity contribution is 7.89. The van der Waals surface area contributed by atoms with Gasteiger partial charge in [0.1, 0.15) is 12.1 Å². The van der Waals surface area contributed by atoms with Crippen molar-refractivity contribution in [3.8, 4) is 0 Å². The second-order valence-corrected chi connectivity index (χ2v) is 10.3. The van der Waals surface area contributed by atoms with Gasteiger partial charge < -0.3 is 15.4 Å². The normalized spacial score (nSPS) is 21.9. The number of amides is 4. The molecule has 3 aliphatic rings. The van der Waals surface area contributed by atoms with E-state index in [9.17, 15) is 22.8 Å². The van der Waals surface area contributed by atoms with Crippen molar-refractivity contribution in [1.29, 1.82) is 0 Å². The maximum absolute atomic E-state index is 13.0. The van der Waals surface area contributed by atoms with E-state index in [1.807, 2.05) is 0 Å². The fourth-order valence-corrected chi connectivity index (χ4v) is 5.96. The number of ether oxygens (including phenoxy) is 1. The van der Waals surface area contributed by atoms with Gasteiger partial charge in [-0.15, -0.1) is 0 Å². The van der Waals surface area contributed by atoms with Gasteiger partial charge in [0, 0.05) is 18.8 Å². The molecule has 4 amide bonds. The summed E-state index contributed by atoms with van der Waals surface area (Å²) >= 11 is 0. The van der Waals surface area contributed by atoms with Crippen LogP contribution in [0.5, 0.6) is 0 Å². The predicted molar refractivity (Wildman–Crippen MR) is 115 cm³/mol. The number of benzene rings is 1. The standard InChI is InChI=1S/C21H28N4O6S/c26-18(15-25-19(27)21(23-20(25)28)8-3-1-2-4-9-21)22-16-6-5-7-17(14-16)32(29,30)24-10-12-31-13-11-24/h5-7,14H,1-4,8-13,15H2,(H,22,26)(H,23,28). The lowest BCUT2D eigenvalue weighted by atomic mass is 9.90. The van der Waals surface area contributed by atoms with Crippen molar-refractivity contribution < 1.29 is 27.5 Å². The summed E-state index contributed by atoms with van der Waals surface area (Å²) < 4.78 is 32.2. The molecule has 0 radical (unpaired) electrons. The minimum atomic E-state index is -3.71. The van der Waals surface area contributed by atoms with E-state index in [1.165, 1.54) is 22.5 Å². The molecule has 10 nitrogen and oxygen atoms in total. The SMILES string of the molecule is O=C(CN1C(=O)NC2(CCCCCC2)C1=O)Nc1cccc(S(=O)(=O)N2CCOCC2)c1. The number of sulfonamides is 1. The zero-order valence-electron chi connectivity index (χ0n) is 17.8. The molecule has 174 valence electrons. The number of nitrogens with one attached hydrogen (secondary N) is 2. The molecule has 0 aromatic heterocycles. The highest BCUT2D eigenvalue weighted by Gasteiger charge is 2.51. The Morgan fingerprint density at radius 2 is 1.78 bits per heavy atom. The minimum Gasteiger partial charge on any atom is -0.379 e. The molecule has 2 aliphatic heterocycles. The molecule has 0 bridgehead atoms. The van der Waals surface area contributed by atoms with Crippen LogP contribution in [-0.2, 0) is 24.3 Å². The lowest BCUT2D eigenvalue weighted by molar-refractivity contribution is -0.134. The second-order valence-electron chi connectivity index (χ2n) is 8.41. The molecule has 0 unspecified atom stereocenters. The van der Waals surface area contributed by atoms with Crippen molar-refractivity contribution in [1.82, 2.24) is 14.5 Å². The number of imide groups is 1. The molecule has 0 atom stereocenters. The Bertz CT molecular complexity index is 997. The van der Waals surface area contributed by atoms with Crippen LogP contribution in [-0.4, -0.2) is 73.9 Å². The molecule has 3 fully saturated rings. The van der Waals surface area contributed by atoms with Crippen LogP contribution in [0.3, 0.4) is 0 Å². The van der Waals surface area contributed by atoms with E-state index in [0.717, 1.165) is 30.6 Å². The Morgan fingerprint density at radius 3 is 2.47 bits per heavy atom. The summed E-state index contributed by atoms with van der Waals surface area (Å²) in [7, 11) is -3.71. The molecular formula is C21H28N4O6S. The molecule has 32 heavy (non-hydrogen) atoms. The van der Waals surface area contributed by atoms with E-state index in [4.69, 9.17) is 4.74 Å². The van der Waals surface area contributed by atoms with Gasteiger partial charge in [-0.05, 0) is 31.0 Å². The van der Waals surface area contributed by atoms with Gasteiger partial charge in [-0.3, -0.25) is 14.5 Å². The van der Waals surface area contributed by atoms with Crippen LogP contribution >= 0.6 is 0 Å². The van der Waals surface area contributed by atoms with Gasteiger partial charge in [-0.25, -0.2) is 13.2 Å². The minimum absolute atomic E-state index is 0.0598. The van der Waals surface area contributed by atoms with Crippen LogP contribution in [0.25, 0.3) is 0 Å². The molecule has 1 saturated carbocycles. The van der Waals surface area contributed by atoms with E-state index < -0.39 is 34.0 Å². The summed E-state index contributed by atoms with van der Waals surface area (Å²) in [6.07, 6.45) is 4.92. The van der Waals surface area contributed by atoms with Gasteiger partial charge in [0.05, 0.1) is 18.1 Å². The average molecular weight is 465 g/mol. The third-order valence-electron chi connectivity index (χ3n) is 6.23. The summed E-state index contributed by atoms with van der Waals surface area (Å²) in [6.45, 7) is 0.790. The Morgan fingerprint density at radius 1 is 1.09 bits per heavy atom. The molecule has 11 heteroatoms. The average Bonchev–Trinajstić information content (AvgIpc) is 2.94. The Hall–Kier alpha value is -2.50. The first-order chi connectivity index (χ1) is 15.3. The third-order valence-corrected chi connectivity index (χ3v) is 8.12. The number of carbonyl (C=O) groups excluding carboxylic acids is 3. The third kappa shape index (κ3) is 4.50. The highest BCUT2D eigenvalue weighted by atomic mass is 32.2. The lowest BCUT2D eigenvalue weighted by Gasteiger charge is -2.26. The molecular weight excluding hydrogens is 436 g/mol. The Kier molecular flexibility index (Phi) is 6.50. The van der Waals surface area contributed by atoms with Crippen molar-refractivity contribution in [2.75, 3.05) is 38.2 Å². The van der Waals surface area contributed by atoms with E-state index in [-0.39, 0.29) is 29.6 Å². The first kappa shape index (κ1) is 22.7. The molecule has 2 N–H and O–H groups in total. The number of morpholine rings is 1. The monoisotopic (exact) mass is 464 g/mol. The van der Waals surface area contributed by atoms with E-state index in [1.54, 1.807) is 6.07 Å². The molecule has 1 spiro atoms. The topological polar surface area (TPSA) is 125 Å². The van der Waals surface area contributed by atoms with Crippen LogP contribution < -0.4 is 10.6 Å². The van der Waals surface area contributed by atoms with Gasteiger partial charge >= 0.3 is 6.03 Å². The van der Waals surface area contributed by atoms with Gasteiger partial charge in [-0.1, -0.05) is 31.7 Å². The van der Waals surface area contributed by atoms with Crippen LogP contribution in [0.1, 0.15) is 38.5 Å². The number of nitrogens with zero attached hydrogens (tertiary/aromatic N) is 2. The molecule has 2 heterocycles. The molecule has 4 rings (SSSR count). The molecule has 1 aromatic carbocycles. The predicted octanol–water partition coefficient (Wildman–Crippen LogP) is 1.29. The zero-order valence-corrected chi connectivity index (χ0v) is 18.7. The van der Waals surface area contributed by atoms with Crippen molar-refractivity contribution in [2.45, 2.75) is 49.0 Å². The number of urea groups is 1.